The van der Waals surface area contributed by atoms with Crippen LogP contribution in [0.3, 0.4) is 0 Å². The van der Waals surface area contributed by atoms with Gasteiger partial charge in [0.2, 0.25) is 0 Å². The minimum atomic E-state index is 0.190. The molecule has 0 atom stereocenters. The summed E-state index contributed by atoms with van der Waals surface area (Å²) >= 11 is 0. The summed E-state index contributed by atoms with van der Waals surface area (Å²) in [5.41, 5.74) is 15.1. The minimum Gasteiger partial charge on any atom is -0.311 e. The fourth-order valence-electron chi connectivity index (χ4n) is 10.6. The Labute approximate surface area is 261 Å². The topological polar surface area (TPSA) is 6.48 Å². The van der Waals surface area contributed by atoms with Gasteiger partial charge in [-0.05, 0) is 139 Å². The van der Waals surface area contributed by atoms with Gasteiger partial charge in [-0.2, -0.15) is 0 Å². The van der Waals surface area contributed by atoms with Crippen molar-refractivity contribution in [2.24, 2.45) is 17.8 Å². The van der Waals surface area contributed by atoms with E-state index in [1.54, 1.807) is 5.56 Å². The molecule has 5 aromatic carbocycles. The predicted octanol–water partition coefficient (Wildman–Crippen LogP) is 8.55. The monoisotopic (exact) mass is 568 g/mol. The Hall–Kier alpha value is -4.24. The van der Waals surface area contributed by atoms with E-state index in [0.717, 1.165) is 17.8 Å². The quantitative estimate of drug-likeness (QED) is 0.197. The summed E-state index contributed by atoms with van der Waals surface area (Å²) in [7, 11) is 0. The van der Waals surface area contributed by atoms with Gasteiger partial charge < -0.3 is 9.80 Å². The zero-order chi connectivity index (χ0) is 29.0. The van der Waals surface area contributed by atoms with E-state index in [1.165, 1.54) is 94.6 Å². The molecule has 3 heteroatoms. The SMILES string of the molecule is Cc1ccc2c(c1)B1c3ccccc3N(c3ccc(C45CC6CC(CC(C6)C4)C5)cc3)c3cccc(c31)N2c1ccccc1. The molecule has 6 aliphatic rings. The van der Waals surface area contributed by atoms with Crippen molar-refractivity contribution >= 4 is 57.2 Å². The highest BCUT2D eigenvalue weighted by atomic mass is 15.2. The van der Waals surface area contributed by atoms with Crippen molar-refractivity contribution in [1.29, 1.82) is 0 Å². The molecule has 0 radical (unpaired) electrons. The molecule has 4 bridgehead atoms. The van der Waals surface area contributed by atoms with Gasteiger partial charge in [0.05, 0.1) is 0 Å². The van der Waals surface area contributed by atoms with Crippen LogP contribution in [-0.2, 0) is 5.41 Å². The third-order valence-electron chi connectivity index (χ3n) is 11.8. The Morgan fingerprint density at radius 1 is 0.545 bits per heavy atom. The number of aryl methyl sites for hydroxylation is 1. The van der Waals surface area contributed by atoms with E-state index in [1.807, 2.05) is 0 Å². The van der Waals surface area contributed by atoms with Gasteiger partial charge >= 0.3 is 0 Å². The zero-order valence-electron chi connectivity index (χ0n) is 25.4. The molecule has 0 aromatic heterocycles. The molecule has 4 aliphatic carbocycles. The average Bonchev–Trinajstić information content (AvgIpc) is 3.05. The largest absolute Gasteiger partial charge is 0.311 e. The zero-order valence-corrected chi connectivity index (χ0v) is 25.4. The second kappa shape index (κ2) is 9.14. The molecular weight excluding hydrogens is 531 g/mol. The molecule has 11 rings (SSSR count). The summed E-state index contributed by atoms with van der Waals surface area (Å²) in [6.07, 6.45) is 8.70. The van der Waals surface area contributed by atoms with Crippen molar-refractivity contribution in [2.75, 3.05) is 9.80 Å². The molecule has 4 fully saturated rings. The summed E-state index contributed by atoms with van der Waals surface area (Å²) in [6.45, 7) is 2.41. The fraction of sp³-hybridized carbons (Fsp3) is 0.268. The van der Waals surface area contributed by atoms with E-state index in [9.17, 15) is 0 Å². The highest BCUT2D eigenvalue weighted by Crippen LogP contribution is 2.61. The predicted molar refractivity (Wildman–Crippen MR) is 185 cm³/mol. The van der Waals surface area contributed by atoms with Crippen molar-refractivity contribution in [2.45, 2.75) is 50.9 Å². The van der Waals surface area contributed by atoms with Crippen LogP contribution in [0.4, 0.5) is 34.1 Å². The van der Waals surface area contributed by atoms with E-state index in [2.05, 4.69) is 132 Å². The Kier molecular flexibility index (Phi) is 5.22. The van der Waals surface area contributed by atoms with Crippen LogP contribution in [0, 0.1) is 24.7 Å². The molecule has 5 aromatic rings. The van der Waals surface area contributed by atoms with E-state index >= 15 is 0 Å². The van der Waals surface area contributed by atoms with Crippen LogP contribution in [-0.4, -0.2) is 6.71 Å². The molecular formula is C41H37BN2. The van der Waals surface area contributed by atoms with Crippen LogP contribution in [0.25, 0.3) is 0 Å². The number of fused-ring (bicyclic) bond motifs is 4. The average molecular weight is 569 g/mol. The van der Waals surface area contributed by atoms with Crippen LogP contribution in [0.5, 0.6) is 0 Å². The number of rotatable bonds is 3. The molecule has 4 saturated carbocycles. The number of hydrogen-bond donors (Lipinski definition) is 0. The minimum absolute atomic E-state index is 0.190. The molecule has 0 N–H and O–H groups in total. The van der Waals surface area contributed by atoms with Gasteiger partial charge in [-0.1, -0.05) is 72.3 Å². The first-order chi connectivity index (χ1) is 21.6. The Bertz CT molecular complexity index is 1890. The van der Waals surface area contributed by atoms with Crippen LogP contribution < -0.4 is 26.2 Å². The summed E-state index contributed by atoms with van der Waals surface area (Å²) in [6, 6.07) is 43.8. The number of hydrogen-bond acceptors (Lipinski definition) is 2. The van der Waals surface area contributed by atoms with E-state index < -0.39 is 0 Å². The normalized spacial score (nSPS) is 25.5. The van der Waals surface area contributed by atoms with Crippen LogP contribution in [0.15, 0.2) is 115 Å². The molecule has 2 aliphatic heterocycles. The van der Waals surface area contributed by atoms with Gasteiger partial charge in [0.1, 0.15) is 0 Å². The standard InChI is InChI=1S/C41H37BN2/c1-27-14-19-37-35(20-27)42-34-10-5-6-11-36(34)44(39-13-7-12-38(40(39)42)43(37)32-8-3-2-4-9-32)33-17-15-31(16-18-33)41-24-28-21-29(25-41)23-30(22-28)26-41/h2-20,28-30H,21-26H2,1H3. The molecule has 2 heterocycles. The van der Waals surface area contributed by atoms with Gasteiger partial charge in [-0.3, -0.25) is 0 Å². The van der Waals surface area contributed by atoms with Crippen LogP contribution >= 0.6 is 0 Å². The Morgan fingerprint density at radius 2 is 1.11 bits per heavy atom. The van der Waals surface area contributed by atoms with Gasteiger partial charge in [0.15, 0.2) is 0 Å². The highest BCUT2D eigenvalue weighted by molar-refractivity contribution is 7.00. The number of benzene rings is 5. The Balaban J connectivity index is 1.15. The summed E-state index contributed by atoms with van der Waals surface area (Å²) in [5, 5.41) is 0. The third kappa shape index (κ3) is 3.50. The Morgan fingerprint density at radius 3 is 1.80 bits per heavy atom. The highest BCUT2D eigenvalue weighted by Gasteiger charge is 2.51. The van der Waals surface area contributed by atoms with Gasteiger partial charge in [0, 0.05) is 34.1 Å². The molecule has 0 unspecified atom stereocenters. The second-order valence-corrected chi connectivity index (χ2v) is 14.5. The van der Waals surface area contributed by atoms with Gasteiger partial charge in [-0.25, -0.2) is 0 Å². The van der Waals surface area contributed by atoms with Gasteiger partial charge in [-0.15, -0.1) is 0 Å². The van der Waals surface area contributed by atoms with Crippen molar-refractivity contribution < 1.29 is 0 Å². The lowest BCUT2D eigenvalue weighted by Crippen LogP contribution is -2.61. The number of anilines is 6. The molecule has 44 heavy (non-hydrogen) atoms. The lowest BCUT2D eigenvalue weighted by atomic mass is 9.33. The second-order valence-electron chi connectivity index (χ2n) is 14.5. The third-order valence-corrected chi connectivity index (χ3v) is 11.8. The summed E-state index contributed by atoms with van der Waals surface area (Å²) in [5.74, 6) is 2.88. The fourth-order valence-corrected chi connectivity index (χ4v) is 10.6. The molecule has 0 saturated heterocycles. The van der Waals surface area contributed by atoms with Crippen molar-refractivity contribution in [1.82, 2.24) is 0 Å². The van der Waals surface area contributed by atoms with Crippen LogP contribution in [0.2, 0.25) is 0 Å². The maximum Gasteiger partial charge on any atom is 0.252 e. The first kappa shape index (κ1) is 25.1. The maximum atomic E-state index is 2.54. The van der Waals surface area contributed by atoms with Crippen molar-refractivity contribution in [3.63, 3.8) is 0 Å². The summed E-state index contributed by atoms with van der Waals surface area (Å²) in [4.78, 5) is 5.02. The summed E-state index contributed by atoms with van der Waals surface area (Å²) < 4.78 is 0. The number of nitrogens with zero attached hydrogens (tertiary/aromatic N) is 2. The number of para-hydroxylation sites is 2. The van der Waals surface area contributed by atoms with Crippen LogP contribution in [0.1, 0.15) is 49.7 Å². The van der Waals surface area contributed by atoms with E-state index in [-0.39, 0.29) is 6.71 Å². The van der Waals surface area contributed by atoms with E-state index in [0.29, 0.717) is 5.41 Å². The molecule has 0 amide bonds. The van der Waals surface area contributed by atoms with Crippen molar-refractivity contribution in [3.8, 4) is 0 Å². The lowest BCUT2D eigenvalue weighted by Gasteiger charge is -2.57. The maximum absolute atomic E-state index is 2.54. The smallest absolute Gasteiger partial charge is 0.252 e. The first-order valence-corrected chi connectivity index (χ1v) is 16.7. The van der Waals surface area contributed by atoms with Gasteiger partial charge in [0.25, 0.3) is 6.71 Å². The molecule has 0 spiro atoms. The molecule has 214 valence electrons. The first-order valence-electron chi connectivity index (χ1n) is 16.7. The molecule has 2 nitrogen and oxygen atoms in total. The van der Waals surface area contributed by atoms with E-state index in [4.69, 9.17) is 0 Å². The van der Waals surface area contributed by atoms with Crippen molar-refractivity contribution in [3.05, 3.63) is 126 Å². The lowest BCUT2D eigenvalue weighted by molar-refractivity contribution is -0.00518.